The number of hydrogen-bond donors (Lipinski definition) is 1. The minimum Gasteiger partial charge on any atom is -0.300 e. The molecule has 0 saturated carbocycles. The Hall–Kier alpha value is -2.18. The van der Waals surface area contributed by atoms with E-state index in [0.29, 0.717) is 10.2 Å². The summed E-state index contributed by atoms with van der Waals surface area (Å²) in [5.74, 6) is -0.141. The Morgan fingerprint density at radius 2 is 2.04 bits per heavy atom. The Bertz CT molecular complexity index is 931. The van der Waals surface area contributed by atoms with Crippen molar-refractivity contribution in [2.24, 2.45) is 0 Å². The maximum Gasteiger partial charge on any atom is 0.250 e. The lowest BCUT2D eigenvalue weighted by atomic mass is 10.1. The Labute approximate surface area is 155 Å². The van der Waals surface area contributed by atoms with Gasteiger partial charge in [0.1, 0.15) is 6.04 Å². The fourth-order valence-corrected chi connectivity index (χ4v) is 3.74. The van der Waals surface area contributed by atoms with Crippen molar-refractivity contribution in [3.8, 4) is 11.3 Å². The maximum absolute atomic E-state index is 12.6. The molecule has 2 heterocycles. The van der Waals surface area contributed by atoms with Gasteiger partial charge in [-0.2, -0.15) is 5.10 Å². The number of hydrogen-bond acceptors (Lipinski definition) is 4. The number of halogens is 1. The summed E-state index contributed by atoms with van der Waals surface area (Å²) in [4.78, 5) is 18.1. The first-order chi connectivity index (χ1) is 11.8. The highest BCUT2D eigenvalue weighted by atomic mass is 35.5. The Kier molecular flexibility index (Phi) is 4.92. The summed E-state index contributed by atoms with van der Waals surface area (Å²) in [5.41, 5.74) is 3.62. The van der Waals surface area contributed by atoms with Crippen LogP contribution in [0.3, 0.4) is 0 Å². The van der Waals surface area contributed by atoms with E-state index in [1.807, 2.05) is 58.0 Å². The Morgan fingerprint density at radius 1 is 1.28 bits per heavy atom. The molecular weight excluding hydrogens is 356 g/mol. The number of carbonyl (C=O) groups is 1. The molecule has 5 nitrogen and oxygen atoms in total. The van der Waals surface area contributed by atoms with E-state index in [-0.39, 0.29) is 5.91 Å². The van der Waals surface area contributed by atoms with Crippen LogP contribution in [0, 0.1) is 20.8 Å². The third-order valence-electron chi connectivity index (χ3n) is 3.92. The zero-order valence-corrected chi connectivity index (χ0v) is 16.1. The van der Waals surface area contributed by atoms with Gasteiger partial charge in [-0.3, -0.25) is 9.48 Å². The maximum atomic E-state index is 12.6. The van der Waals surface area contributed by atoms with E-state index in [1.54, 1.807) is 4.68 Å². The number of aromatic nitrogens is 3. The molecule has 0 fully saturated rings. The topological polar surface area (TPSA) is 59.8 Å². The number of benzene rings is 1. The van der Waals surface area contributed by atoms with Crippen LogP contribution in [0.4, 0.5) is 5.13 Å². The molecule has 0 unspecified atom stereocenters. The predicted octanol–water partition coefficient (Wildman–Crippen LogP) is 4.78. The Morgan fingerprint density at radius 3 is 2.68 bits per heavy atom. The van der Waals surface area contributed by atoms with E-state index in [4.69, 9.17) is 11.6 Å². The van der Waals surface area contributed by atoms with Gasteiger partial charge < -0.3 is 5.32 Å². The van der Waals surface area contributed by atoms with Gasteiger partial charge in [0.25, 0.3) is 5.91 Å². The Balaban J connectivity index is 1.80. The minimum atomic E-state index is -0.410. The van der Waals surface area contributed by atoms with Gasteiger partial charge in [-0.15, -0.1) is 11.3 Å². The molecule has 25 heavy (non-hydrogen) atoms. The highest BCUT2D eigenvalue weighted by Gasteiger charge is 2.20. The minimum absolute atomic E-state index is 0.141. The van der Waals surface area contributed by atoms with Crippen molar-refractivity contribution in [2.45, 2.75) is 33.7 Å². The van der Waals surface area contributed by atoms with Gasteiger partial charge in [-0.1, -0.05) is 23.7 Å². The molecule has 130 valence electrons. The lowest BCUT2D eigenvalue weighted by Gasteiger charge is -2.13. The van der Waals surface area contributed by atoms with Crippen LogP contribution < -0.4 is 5.32 Å². The van der Waals surface area contributed by atoms with Gasteiger partial charge in [0.2, 0.25) is 0 Å². The van der Waals surface area contributed by atoms with Gasteiger partial charge in [0.05, 0.1) is 11.4 Å². The monoisotopic (exact) mass is 374 g/mol. The number of amides is 1. The summed E-state index contributed by atoms with van der Waals surface area (Å²) in [6.07, 6.45) is 0. The van der Waals surface area contributed by atoms with Crippen molar-refractivity contribution in [1.29, 1.82) is 0 Å². The number of thiazole rings is 1. The molecule has 0 bridgehead atoms. The first kappa shape index (κ1) is 17.6. The summed E-state index contributed by atoms with van der Waals surface area (Å²) < 4.78 is 1.73. The van der Waals surface area contributed by atoms with Gasteiger partial charge in [-0.25, -0.2) is 4.98 Å². The number of rotatable bonds is 4. The van der Waals surface area contributed by atoms with Crippen molar-refractivity contribution in [2.75, 3.05) is 5.32 Å². The first-order valence-electron chi connectivity index (χ1n) is 7.92. The molecule has 0 aliphatic rings. The number of nitrogens with one attached hydrogen (secondary N) is 1. The summed E-state index contributed by atoms with van der Waals surface area (Å²) in [6, 6.07) is 9.08. The summed E-state index contributed by atoms with van der Waals surface area (Å²) in [6.45, 7) is 7.66. The smallest absolute Gasteiger partial charge is 0.250 e. The zero-order chi connectivity index (χ0) is 18.1. The number of aryl methyl sites for hydroxylation is 3. The van der Waals surface area contributed by atoms with Crippen LogP contribution in [0.25, 0.3) is 11.3 Å². The highest BCUT2D eigenvalue weighted by molar-refractivity contribution is 7.16. The first-order valence-corrected chi connectivity index (χ1v) is 9.11. The van der Waals surface area contributed by atoms with Crippen LogP contribution >= 0.6 is 22.9 Å². The van der Waals surface area contributed by atoms with Crippen molar-refractivity contribution in [3.05, 3.63) is 51.6 Å². The third kappa shape index (κ3) is 3.75. The number of nitrogens with zero attached hydrogens (tertiary/aromatic N) is 3. The van der Waals surface area contributed by atoms with Crippen LogP contribution in [-0.2, 0) is 4.79 Å². The second-order valence-electron chi connectivity index (χ2n) is 5.97. The quantitative estimate of drug-likeness (QED) is 0.714. The average Bonchev–Trinajstić information content (AvgIpc) is 3.08. The summed E-state index contributed by atoms with van der Waals surface area (Å²) in [5, 5.41) is 8.51. The molecule has 1 aromatic carbocycles. The van der Waals surface area contributed by atoms with E-state index in [9.17, 15) is 4.79 Å². The lowest BCUT2D eigenvalue weighted by molar-refractivity contribution is -0.119. The summed E-state index contributed by atoms with van der Waals surface area (Å²) in [7, 11) is 0. The molecule has 0 spiro atoms. The van der Waals surface area contributed by atoms with Crippen LogP contribution in [0.2, 0.25) is 5.02 Å². The number of anilines is 1. The fourth-order valence-electron chi connectivity index (χ4n) is 2.71. The van der Waals surface area contributed by atoms with Gasteiger partial charge >= 0.3 is 0 Å². The third-order valence-corrected chi connectivity index (χ3v) is 5.04. The van der Waals surface area contributed by atoms with Crippen LogP contribution in [0.15, 0.2) is 30.3 Å². The molecule has 1 atom stereocenters. The molecule has 7 heteroatoms. The SMILES string of the molecule is Cc1cc(C)n([C@@H](C)C(=O)Nc2nc(-c3cccc(Cl)c3)c(C)s2)n1. The standard InChI is InChI=1S/C18H19ClN4OS/c1-10-8-11(2)23(22-10)12(3)17(24)21-18-20-16(13(4)25-18)14-6-5-7-15(19)9-14/h5-9,12H,1-4H3,(H,20,21,24)/t12-/m0/s1. The molecule has 0 aliphatic heterocycles. The van der Waals surface area contributed by atoms with E-state index in [1.165, 1.54) is 11.3 Å². The van der Waals surface area contributed by atoms with Crippen molar-refractivity contribution >= 4 is 34.0 Å². The van der Waals surface area contributed by atoms with Gasteiger partial charge in [0.15, 0.2) is 5.13 Å². The second kappa shape index (κ2) is 6.98. The molecule has 0 radical (unpaired) electrons. The largest absolute Gasteiger partial charge is 0.300 e. The van der Waals surface area contributed by atoms with Crippen LogP contribution in [-0.4, -0.2) is 20.7 Å². The zero-order valence-electron chi connectivity index (χ0n) is 14.5. The molecule has 3 aromatic rings. The highest BCUT2D eigenvalue weighted by Crippen LogP contribution is 2.31. The molecular formula is C18H19ClN4OS. The normalized spacial score (nSPS) is 12.2. The van der Waals surface area contributed by atoms with Crippen molar-refractivity contribution in [1.82, 2.24) is 14.8 Å². The van der Waals surface area contributed by atoms with E-state index >= 15 is 0 Å². The lowest BCUT2D eigenvalue weighted by Crippen LogP contribution is -2.25. The van der Waals surface area contributed by atoms with Crippen LogP contribution in [0.5, 0.6) is 0 Å². The van der Waals surface area contributed by atoms with Gasteiger partial charge in [-0.05, 0) is 45.9 Å². The van der Waals surface area contributed by atoms with Crippen molar-refractivity contribution < 1.29 is 4.79 Å². The molecule has 1 amide bonds. The number of carbonyl (C=O) groups excluding carboxylic acids is 1. The van der Waals surface area contributed by atoms with E-state index in [2.05, 4.69) is 15.4 Å². The van der Waals surface area contributed by atoms with Crippen molar-refractivity contribution in [3.63, 3.8) is 0 Å². The van der Waals surface area contributed by atoms with Gasteiger partial charge in [0, 0.05) is 21.2 Å². The average molecular weight is 375 g/mol. The summed E-state index contributed by atoms with van der Waals surface area (Å²) >= 11 is 7.51. The second-order valence-corrected chi connectivity index (χ2v) is 7.61. The molecule has 0 saturated heterocycles. The molecule has 0 aliphatic carbocycles. The molecule has 3 rings (SSSR count). The molecule has 2 aromatic heterocycles. The fraction of sp³-hybridized carbons (Fsp3) is 0.278. The predicted molar refractivity (Wildman–Crippen MR) is 102 cm³/mol. The van der Waals surface area contributed by atoms with E-state index in [0.717, 1.165) is 27.5 Å². The van der Waals surface area contributed by atoms with Crippen LogP contribution in [0.1, 0.15) is 29.2 Å². The molecule has 1 N–H and O–H groups in total. The van der Waals surface area contributed by atoms with E-state index < -0.39 is 6.04 Å².